The van der Waals surface area contributed by atoms with Crippen LogP contribution in [0, 0.1) is 5.92 Å². The summed E-state index contributed by atoms with van der Waals surface area (Å²) in [5.74, 6) is 2.64. The van der Waals surface area contributed by atoms with Gasteiger partial charge < -0.3 is 9.80 Å². The number of rotatable bonds is 6. The summed E-state index contributed by atoms with van der Waals surface area (Å²) in [6, 6.07) is 6.10. The minimum Gasteiger partial charge on any atom is -0.356 e. The third-order valence-electron chi connectivity index (χ3n) is 4.66. The fourth-order valence-corrected chi connectivity index (χ4v) is 3.17. The molecule has 2 aromatic rings. The lowest BCUT2D eigenvalue weighted by Crippen LogP contribution is -2.23. The van der Waals surface area contributed by atoms with Crippen LogP contribution in [-0.2, 0) is 6.42 Å². The Balaban J connectivity index is 1.78. The van der Waals surface area contributed by atoms with Gasteiger partial charge in [-0.15, -0.1) is 0 Å². The molecule has 0 aliphatic carbocycles. The van der Waals surface area contributed by atoms with E-state index in [-0.39, 0.29) is 0 Å². The van der Waals surface area contributed by atoms with Crippen LogP contribution in [0.1, 0.15) is 25.5 Å². The molecule has 1 fully saturated rings. The van der Waals surface area contributed by atoms with Gasteiger partial charge in [0.2, 0.25) is 0 Å². The number of hydrogen-bond acceptors (Lipinski definition) is 5. The zero-order valence-electron chi connectivity index (χ0n) is 14.9. The van der Waals surface area contributed by atoms with Crippen LogP contribution in [0.15, 0.2) is 30.6 Å². The molecular formula is C19H27N5. The van der Waals surface area contributed by atoms with Crippen molar-refractivity contribution in [2.45, 2.75) is 26.2 Å². The Hall–Kier alpha value is -2.01. The summed E-state index contributed by atoms with van der Waals surface area (Å²) in [7, 11) is 4.29. The normalized spacial score (nSPS) is 17.7. The van der Waals surface area contributed by atoms with Crippen molar-refractivity contribution in [3.05, 3.63) is 36.3 Å². The molecule has 0 radical (unpaired) electrons. The number of pyridine rings is 1. The Labute approximate surface area is 144 Å². The summed E-state index contributed by atoms with van der Waals surface area (Å²) >= 11 is 0. The highest BCUT2D eigenvalue weighted by molar-refractivity contribution is 5.57. The lowest BCUT2D eigenvalue weighted by molar-refractivity contribution is 0.361. The number of aromatic nitrogens is 3. The number of nitrogens with zero attached hydrogens (tertiary/aromatic N) is 5. The van der Waals surface area contributed by atoms with Gasteiger partial charge in [-0.3, -0.25) is 4.98 Å². The standard InChI is InChI=1S/C19H27N5/c1-4-17-13-18(22-19(21-17)16-5-9-20-10-6-16)24-12-8-15(14-24)7-11-23(2)3/h5-6,9-10,13,15H,4,7-8,11-12,14H2,1-3H3. The van der Waals surface area contributed by atoms with E-state index in [1.807, 2.05) is 12.1 Å². The lowest BCUT2D eigenvalue weighted by atomic mass is 10.1. The highest BCUT2D eigenvalue weighted by Crippen LogP contribution is 2.27. The average molecular weight is 325 g/mol. The van der Waals surface area contributed by atoms with Crippen molar-refractivity contribution in [3.63, 3.8) is 0 Å². The molecule has 1 aliphatic heterocycles. The lowest BCUT2D eigenvalue weighted by Gasteiger charge is -2.19. The predicted molar refractivity (Wildman–Crippen MR) is 98.1 cm³/mol. The first-order valence-electron chi connectivity index (χ1n) is 8.83. The van der Waals surface area contributed by atoms with Gasteiger partial charge in [-0.2, -0.15) is 0 Å². The third-order valence-corrected chi connectivity index (χ3v) is 4.66. The maximum absolute atomic E-state index is 4.84. The Morgan fingerprint density at radius 3 is 2.71 bits per heavy atom. The van der Waals surface area contributed by atoms with Crippen molar-refractivity contribution >= 4 is 5.82 Å². The first-order chi connectivity index (χ1) is 11.7. The van der Waals surface area contributed by atoms with Crippen LogP contribution < -0.4 is 4.90 Å². The third kappa shape index (κ3) is 4.09. The largest absolute Gasteiger partial charge is 0.356 e. The van der Waals surface area contributed by atoms with Gasteiger partial charge >= 0.3 is 0 Å². The first-order valence-corrected chi connectivity index (χ1v) is 8.83. The van der Waals surface area contributed by atoms with Gasteiger partial charge in [0.05, 0.1) is 0 Å². The Kier molecular flexibility index (Phi) is 5.41. The van der Waals surface area contributed by atoms with Gasteiger partial charge in [-0.05, 0) is 58.0 Å². The van der Waals surface area contributed by atoms with E-state index >= 15 is 0 Å². The highest BCUT2D eigenvalue weighted by atomic mass is 15.2. The average Bonchev–Trinajstić information content (AvgIpc) is 3.09. The van der Waals surface area contributed by atoms with Crippen molar-refractivity contribution < 1.29 is 0 Å². The SMILES string of the molecule is CCc1cc(N2CCC(CCN(C)C)C2)nc(-c2ccncc2)n1. The fraction of sp³-hybridized carbons (Fsp3) is 0.526. The summed E-state index contributed by atoms with van der Waals surface area (Å²) in [6.45, 7) is 5.49. The molecule has 1 unspecified atom stereocenters. The molecule has 0 N–H and O–H groups in total. The molecule has 0 spiro atoms. The van der Waals surface area contributed by atoms with E-state index in [9.17, 15) is 0 Å². The van der Waals surface area contributed by atoms with Crippen molar-refractivity contribution in [1.29, 1.82) is 0 Å². The molecule has 1 saturated heterocycles. The van der Waals surface area contributed by atoms with Crippen LogP contribution in [0.25, 0.3) is 11.4 Å². The molecule has 5 nitrogen and oxygen atoms in total. The zero-order chi connectivity index (χ0) is 16.9. The van der Waals surface area contributed by atoms with Gasteiger partial charge in [0.25, 0.3) is 0 Å². The Bertz CT molecular complexity index is 656. The van der Waals surface area contributed by atoms with Crippen LogP contribution in [0.4, 0.5) is 5.82 Å². The Morgan fingerprint density at radius 1 is 1.21 bits per heavy atom. The van der Waals surface area contributed by atoms with Gasteiger partial charge in [-0.1, -0.05) is 6.92 Å². The maximum atomic E-state index is 4.84. The maximum Gasteiger partial charge on any atom is 0.161 e. The van der Waals surface area contributed by atoms with Crippen molar-refractivity contribution in [2.24, 2.45) is 5.92 Å². The second-order valence-corrected chi connectivity index (χ2v) is 6.82. The molecule has 0 bridgehead atoms. The number of aryl methyl sites for hydroxylation is 1. The minimum atomic E-state index is 0.761. The van der Waals surface area contributed by atoms with E-state index in [1.54, 1.807) is 12.4 Å². The van der Waals surface area contributed by atoms with Gasteiger partial charge in [0, 0.05) is 42.8 Å². The summed E-state index contributed by atoms with van der Waals surface area (Å²) in [6.07, 6.45) is 7.02. The highest BCUT2D eigenvalue weighted by Gasteiger charge is 2.24. The number of anilines is 1. The van der Waals surface area contributed by atoms with Gasteiger partial charge in [-0.25, -0.2) is 9.97 Å². The molecule has 24 heavy (non-hydrogen) atoms. The summed E-state index contributed by atoms with van der Waals surface area (Å²) in [5, 5.41) is 0. The van der Waals surface area contributed by atoms with Crippen LogP contribution in [0.3, 0.4) is 0 Å². The molecule has 0 amide bonds. The zero-order valence-corrected chi connectivity index (χ0v) is 14.9. The van der Waals surface area contributed by atoms with Crippen LogP contribution in [0.5, 0.6) is 0 Å². The molecule has 5 heteroatoms. The smallest absolute Gasteiger partial charge is 0.161 e. The monoisotopic (exact) mass is 325 g/mol. The molecule has 0 saturated carbocycles. The molecule has 128 valence electrons. The fourth-order valence-electron chi connectivity index (χ4n) is 3.17. The quantitative estimate of drug-likeness (QED) is 0.817. The Morgan fingerprint density at radius 2 is 2.00 bits per heavy atom. The first kappa shape index (κ1) is 16.8. The van der Waals surface area contributed by atoms with Crippen LogP contribution >= 0.6 is 0 Å². The van der Waals surface area contributed by atoms with E-state index < -0.39 is 0 Å². The second-order valence-electron chi connectivity index (χ2n) is 6.82. The van der Waals surface area contributed by atoms with Crippen LogP contribution in [0.2, 0.25) is 0 Å². The minimum absolute atomic E-state index is 0.761. The summed E-state index contributed by atoms with van der Waals surface area (Å²) in [4.78, 5) is 18.3. The molecule has 3 heterocycles. The van der Waals surface area contributed by atoms with E-state index in [2.05, 4.69) is 41.9 Å². The molecule has 1 atom stereocenters. The van der Waals surface area contributed by atoms with Gasteiger partial charge in [0.1, 0.15) is 5.82 Å². The van der Waals surface area contributed by atoms with E-state index in [0.717, 1.165) is 54.9 Å². The van der Waals surface area contributed by atoms with Crippen molar-refractivity contribution in [1.82, 2.24) is 19.9 Å². The molecule has 0 aromatic carbocycles. The summed E-state index contributed by atoms with van der Waals surface area (Å²) in [5.41, 5.74) is 2.13. The van der Waals surface area contributed by atoms with Gasteiger partial charge in [0.15, 0.2) is 5.82 Å². The van der Waals surface area contributed by atoms with E-state index in [1.165, 1.54) is 12.8 Å². The van der Waals surface area contributed by atoms with Crippen molar-refractivity contribution in [2.75, 3.05) is 38.6 Å². The predicted octanol–water partition coefficient (Wildman–Crippen LogP) is 2.88. The molecule has 3 rings (SSSR count). The molecule has 1 aliphatic rings. The second kappa shape index (κ2) is 7.71. The molecule has 2 aromatic heterocycles. The number of hydrogen-bond donors (Lipinski definition) is 0. The topological polar surface area (TPSA) is 45.2 Å². The molecular weight excluding hydrogens is 298 g/mol. The van der Waals surface area contributed by atoms with E-state index in [4.69, 9.17) is 9.97 Å². The van der Waals surface area contributed by atoms with E-state index in [0.29, 0.717) is 0 Å². The van der Waals surface area contributed by atoms with Crippen molar-refractivity contribution in [3.8, 4) is 11.4 Å². The summed E-state index contributed by atoms with van der Waals surface area (Å²) < 4.78 is 0. The van der Waals surface area contributed by atoms with Crippen LogP contribution in [-0.4, -0.2) is 53.6 Å².